The quantitative estimate of drug-likeness (QED) is 0.0533. The fraction of sp³-hybridized carbons (Fsp3) is 1.00. The van der Waals surface area contributed by atoms with E-state index in [2.05, 4.69) is 76.2 Å². The van der Waals surface area contributed by atoms with Gasteiger partial charge in [-0.1, -0.05) is 469 Å². The molecule has 0 rings (SSSR count). The maximum absolute atomic E-state index is 2.70. The molecule has 0 spiro atoms. The van der Waals surface area contributed by atoms with Crippen LogP contribution in [0.25, 0.3) is 0 Å². The first-order chi connectivity index (χ1) is 43.3. The predicted molar refractivity (Wildman–Crippen MR) is 415 cm³/mol. The molecule has 0 heteroatoms. The Balaban J connectivity index is 0. The molecule has 0 bridgehead atoms. The lowest BCUT2D eigenvalue weighted by molar-refractivity contribution is 0.181. The van der Waals surface area contributed by atoms with Gasteiger partial charge in [0.2, 0.25) is 0 Å². The van der Waals surface area contributed by atoms with Gasteiger partial charge in [-0.15, -0.1) is 0 Å². The molecule has 0 heterocycles. The molecule has 89 heavy (non-hydrogen) atoms. The van der Waals surface area contributed by atoms with Crippen molar-refractivity contribution in [3.05, 3.63) is 0 Å². The molecule has 0 nitrogen and oxygen atoms in total. The lowest BCUT2D eigenvalue weighted by Gasteiger charge is -2.34. The van der Waals surface area contributed by atoms with Gasteiger partial charge in [-0.3, -0.25) is 0 Å². The minimum Gasteiger partial charge on any atom is -0.0776 e. The Hall–Kier alpha value is 0. The van der Waals surface area contributed by atoms with Crippen LogP contribution in [0.3, 0.4) is 0 Å². The molecule has 0 aliphatic heterocycles. The number of unbranched alkanes of at least 4 members (excludes halogenated alkanes) is 40. The van der Waals surface area contributed by atoms with Gasteiger partial charge in [0, 0.05) is 0 Å². The predicted octanol–water partition coefficient (Wildman–Crippen LogP) is 33.9. The van der Waals surface area contributed by atoms with Crippen molar-refractivity contribution in [2.75, 3.05) is 0 Å². The molecule has 538 valence electrons. The maximum Gasteiger partial charge on any atom is -0.0409 e. The second-order valence-corrected chi connectivity index (χ2v) is 31.9. The summed E-state index contributed by atoms with van der Waals surface area (Å²) in [6, 6.07) is 0. The van der Waals surface area contributed by atoms with Crippen molar-refractivity contribution >= 4 is 0 Å². The van der Waals surface area contributed by atoms with E-state index in [0.717, 1.165) is 53.3 Å². The standard InChI is InChI=1S/C88H178.CH4/c1-12-22-32-42-45-47-49-52-62-80(11)72-82(65-61-51-48-46-43-33-23-13-2)74-84(67-55-37-27-17-6)76-86(69-57-39-29-19-8)78-88(71-59-41-31-21-10)79-87(70-58-40-30-20-9)77-85(68-56-38-28-18-7)75-83(66-54-36-26-16-5)73-81(63-53-35-25-15-4)64-60-50-44-34-24-14-3;/h80-88H,12-79H2,1-11H3;1H4/t80-,81-,82+,83-,84+,85-,86+,87-,88+;/m1./s1. The highest BCUT2D eigenvalue weighted by Crippen LogP contribution is 2.42. The zero-order chi connectivity index (χ0) is 64.3. The van der Waals surface area contributed by atoms with Crippen molar-refractivity contribution in [1.29, 1.82) is 0 Å². The van der Waals surface area contributed by atoms with Gasteiger partial charge in [0.1, 0.15) is 0 Å². The molecular formula is C89H182. The first kappa shape index (κ1) is 91.1. The monoisotopic (exact) mass is 1250 g/mol. The first-order valence-electron chi connectivity index (χ1n) is 43.3. The molecule has 0 radical (unpaired) electrons. The fourth-order valence-corrected chi connectivity index (χ4v) is 17.1. The van der Waals surface area contributed by atoms with Crippen molar-refractivity contribution in [2.24, 2.45) is 53.3 Å². The molecule has 0 aliphatic carbocycles. The molecule has 0 saturated heterocycles. The molecule has 0 aliphatic rings. The molecule has 0 fully saturated rings. The van der Waals surface area contributed by atoms with E-state index in [1.807, 2.05) is 0 Å². The summed E-state index contributed by atoms with van der Waals surface area (Å²) in [5, 5.41) is 0. The van der Waals surface area contributed by atoms with Gasteiger partial charge in [0.05, 0.1) is 0 Å². The van der Waals surface area contributed by atoms with E-state index in [9.17, 15) is 0 Å². The molecule has 0 amide bonds. The topological polar surface area (TPSA) is 0 Å². The third-order valence-corrected chi connectivity index (χ3v) is 22.6. The van der Waals surface area contributed by atoms with Crippen LogP contribution in [0.5, 0.6) is 0 Å². The molecule has 0 N–H and O–H groups in total. The van der Waals surface area contributed by atoms with Crippen molar-refractivity contribution < 1.29 is 0 Å². The van der Waals surface area contributed by atoms with Gasteiger partial charge < -0.3 is 0 Å². The average Bonchev–Trinajstić information content (AvgIpc) is 3.69. The summed E-state index contributed by atoms with van der Waals surface area (Å²) < 4.78 is 0. The van der Waals surface area contributed by atoms with Crippen LogP contribution in [0.15, 0.2) is 0 Å². The van der Waals surface area contributed by atoms with Crippen molar-refractivity contribution in [3.8, 4) is 0 Å². The highest BCUT2D eigenvalue weighted by atomic mass is 14.3. The Morgan fingerprint density at radius 3 is 0.449 bits per heavy atom. The van der Waals surface area contributed by atoms with Gasteiger partial charge in [-0.05, 0) is 105 Å². The summed E-state index contributed by atoms with van der Waals surface area (Å²) in [7, 11) is 0. The Morgan fingerprint density at radius 2 is 0.258 bits per heavy atom. The normalized spacial score (nSPS) is 15.0. The van der Waals surface area contributed by atoms with Crippen LogP contribution in [-0.4, -0.2) is 0 Å². The van der Waals surface area contributed by atoms with Gasteiger partial charge in [-0.2, -0.15) is 0 Å². The van der Waals surface area contributed by atoms with Gasteiger partial charge >= 0.3 is 0 Å². The molecule has 9 atom stereocenters. The van der Waals surface area contributed by atoms with Gasteiger partial charge in [0.25, 0.3) is 0 Å². The lowest BCUT2D eigenvalue weighted by atomic mass is 9.72. The largest absolute Gasteiger partial charge is 0.0776 e. The molecule has 0 aromatic carbocycles. The van der Waals surface area contributed by atoms with Crippen LogP contribution in [0, 0.1) is 53.3 Å². The highest BCUT2D eigenvalue weighted by Gasteiger charge is 2.29. The summed E-state index contributed by atoms with van der Waals surface area (Å²) in [4.78, 5) is 0. The average molecular weight is 1250 g/mol. The number of rotatable bonds is 76. The highest BCUT2D eigenvalue weighted by molar-refractivity contribution is 4.81. The number of hydrogen-bond donors (Lipinski definition) is 0. The van der Waals surface area contributed by atoms with Gasteiger partial charge in [0.15, 0.2) is 0 Å². The second-order valence-electron chi connectivity index (χ2n) is 31.9. The van der Waals surface area contributed by atoms with E-state index < -0.39 is 0 Å². The summed E-state index contributed by atoms with van der Waals surface area (Å²) in [5.74, 6) is 8.54. The maximum atomic E-state index is 2.70. The van der Waals surface area contributed by atoms with E-state index in [1.165, 1.54) is 392 Å². The van der Waals surface area contributed by atoms with Crippen LogP contribution < -0.4 is 0 Å². The van der Waals surface area contributed by atoms with Crippen LogP contribution in [0.1, 0.15) is 520 Å². The lowest BCUT2D eigenvalue weighted by Crippen LogP contribution is -2.21. The minimum atomic E-state index is 0. The van der Waals surface area contributed by atoms with Crippen molar-refractivity contribution in [3.63, 3.8) is 0 Å². The molecule has 0 aromatic heterocycles. The molecule has 0 saturated carbocycles. The third-order valence-electron chi connectivity index (χ3n) is 22.6. The first-order valence-corrected chi connectivity index (χ1v) is 43.3. The van der Waals surface area contributed by atoms with E-state index >= 15 is 0 Å². The Morgan fingerprint density at radius 1 is 0.135 bits per heavy atom. The van der Waals surface area contributed by atoms with E-state index in [-0.39, 0.29) is 7.43 Å². The van der Waals surface area contributed by atoms with Crippen LogP contribution >= 0.6 is 0 Å². The Bertz CT molecular complexity index is 1250. The zero-order valence-corrected chi connectivity index (χ0v) is 64.3. The SMILES string of the molecule is C.CCCCCCCCCC[C@@H](C)C[C@H](CCCCCCCCCC)C[C@H](CCCCCC)C[C@H](CCCCCC)C[C@H](CCCCCC)C[C@H](CCCCCC)C[C@H](CCCCCC)C[C@H](CCCCCC)C[C@H](CCCCCC)CCCCCCCC. The Labute approximate surface area is 570 Å². The summed E-state index contributed by atoms with van der Waals surface area (Å²) >= 11 is 0. The molecule has 0 aromatic rings. The summed E-state index contributed by atoms with van der Waals surface area (Å²) in [5.41, 5.74) is 0. The smallest absolute Gasteiger partial charge is 0.0409 e. The Kier molecular flexibility index (Phi) is 75.5. The fourth-order valence-electron chi connectivity index (χ4n) is 17.1. The van der Waals surface area contributed by atoms with Crippen LogP contribution in [0.4, 0.5) is 0 Å². The zero-order valence-electron chi connectivity index (χ0n) is 64.3. The summed E-state index contributed by atoms with van der Waals surface area (Å²) in [6.07, 6.45) is 101. The summed E-state index contributed by atoms with van der Waals surface area (Å²) in [6.45, 7) is 26.9. The minimum absolute atomic E-state index is 0. The van der Waals surface area contributed by atoms with E-state index in [1.54, 1.807) is 44.9 Å². The molecule has 0 unspecified atom stereocenters. The van der Waals surface area contributed by atoms with Crippen molar-refractivity contribution in [1.82, 2.24) is 0 Å². The third kappa shape index (κ3) is 62.6. The van der Waals surface area contributed by atoms with Crippen molar-refractivity contribution in [2.45, 2.75) is 520 Å². The second kappa shape index (κ2) is 73.8. The van der Waals surface area contributed by atoms with E-state index in [4.69, 9.17) is 0 Å². The van der Waals surface area contributed by atoms with Gasteiger partial charge in [-0.25, -0.2) is 0 Å². The van der Waals surface area contributed by atoms with Crippen LogP contribution in [0.2, 0.25) is 0 Å². The van der Waals surface area contributed by atoms with Crippen LogP contribution in [-0.2, 0) is 0 Å². The number of hydrogen-bond acceptors (Lipinski definition) is 0. The van der Waals surface area contributed by atoms with E-state index in [0.29, 0.717) is 0 Å². The molecular weight excluding hydrogens is 1070 g/mol.